The molecular weight excluding hydrogens is 168 g/mol. The maximum absolute atomic E-state index is 10.4. The van der Waals surface area contributed by atoms with Gasteiger partial charge >= 0.3 is 0 Å². The highest BCUT2D eigenvalue weighted by Crippen LogP contribution is 2.14. The fourth-order valence-electron chi connectivity index (χ4n) is 0.871. The highest BCUT2D eigenvalue weighted by Gasteiger charge is 1.90. The lowest BCUT2D eigenvalue weighted by Crippen LogP contribution is -1.85. The highest BCUT2D eigenvalue weighted by molar-refractivity contribution is 7.70. The molecule has 0 saturated carbocycles. The third-order valence-electron chi connectivity index (χ3n) is 1.57. The minimum absolute atomic E-state index is 0.608. The van der Waals surface area contributed by atoms with Crippen molar-refractivity contribution in [2.24, 2.45) is 0 Å². The van der Waals surface area contributed by atoms with Crippen LogP contribution in [0.5, 0.6) is 0 Å². The van der Waals surface area contributed by atoms with Gasteiger partial charge < -0.3 is 12.6 Å². The Morgan fingerprint density at radius 3 is 2.42 bits per heavy atom. The molecule has 1 aromatic carbocycles. The van der Waals surface area contributed by atoms with Gasteiger partial charge in [-0.15, -0.1) is 0 Å². The molecule has 0 aliphatic carbocycles. The van der Waals surface area contributed by atoms with Crippen LogP contribution < -0.4 is 0 Å². The van der Waals surface area contributed by atoms with E-state index in [-0.39, 0.29) is 0 Å². The Balaban J connectivity index is 3.08. The Morgan fingerprint density at radius 2 is 1.92 bits per heavy atom. The molecule has 0 radical (unpaired) electrons. The van der Waals surface area contributed by atoms with E-state index in [0.29, 0.717) is 10.5 Å². The molecule has 0 fully saturated rings. The smallest absolute Gasteiger partial charge is 0.144 e. The summed E-state index contributed by atoms with van der Waals surface area (Å²) in [6.07, 6.45) is 0.787. The predicted molar refractivity (Wildman–Crippen MR) is 52.5 cm³/mol. The van der Waals surface area contributed by atoms with Crippen LogP contribution in [0, 0.1) is 0 Å². The normalized spacial score (nSPS) is 12.1. The molecule has 0 spiro atoms. The Bertz CT molecular complexity index is 301. The van der Waals surface area contributed by atoms with Crippen molar-refractivity contribution in [2.45, 2.75) is 6.92 Å². The van der Waals surface area contributed by atoms with E-state index in [4.69, 9.17) is 12.6 Å². The summed E-state index contributed by atoms with van der Waals surface area (Å²) in [4.78, 5) is 11.0. The number of carbonyl (C=O) groups excluding carboxylic acids is 1. The summed E-state index contributed by atoms with van der Waals surface area (Å²) < 4.78 is 0. The zero-order valence-corrected chi connectivity index (χ0v) is 7.60. The summed E-state index contributed by atoms with van der Waals surface area (Å²) in [6, 6.07) is 9.52. The molecular formula is C10H9OS-. The van der Waals surface area contributed by atoms with Gasteiger partial charge in [-0.3, -0.25) is 4.79 Å². The lowest BCUT2D eigenvalue weighted by atomic mass is 10.1. The first kappa shape index (κ1) is 8.94. The number of benzene rings is 1. The molecule has 0 amide bonds. The Morgan fingerprint density at radius 1 is 1.33 bits per heavy atom. The van der Waals surface area contributed by atoms with Crippen molar-refractivity contribution in [3.8, 4) is 0 Å². The van der Waals surface area contributed by atoms with Gasteiger partial charge in [-0.25, -0.2) is 0 Å². The SMILES string of the molecule is CC(C=O)=C([S-])c1ccccc1. The van der Waals surface area contributed by atoms with Crippen LogP contribution in [0.1, 0.15) is 12.5 Å². The maximum Gasteiger partial charge on any atom is 0.144 e. The summed E-state index contributed by atoms with van der Waals surface area (Å²) in [5.74, 6) is 0. The average molecular weight is 177 g/mol. The Hall–Kier alpha value is -1.15. The first-order valence-corrected chi connectivity index (χ1v) is 4.05. The summed E-state index contributed by atoms with van der Waals surface area (Å²) in [6.45, 7) is 1.72. The average Bonchev–Trinajstić information content (AvgIpc) is 2.17. The molecule has 0 saturated heterocycles. The van der Waals surface area contributed by atoms with Crippen LogP contribution in [-0.4, -0.2) is 6.29 Å². The summed E-state index contributed by atoms with van der Waals surface area (Å²) in [7, 11) is 0. The fourth-order valence-corrected chi connectivity index (χ4v) is 1.05. The molecule has 62 valence electrons. The summed E-state index contributed by atoms with van der Waals surface area (Å²) in [5.41, 5.74) is 1.54. The summed E-state index contributed by atoms with van der Waals surface area (Å²) in [5, 5.41) is 0. The van der Waals surface area contributed by atoms with Crippen LogP contribution in [0.2, 0.25) is 0 Å². The van der Waals surface area contributed by atoms with Gasteiger partial charge in [0.25, 0.3) is 0 Å². The van der Waals surface area contributed by atoms with E-state index in [2.05, 4.69) is 0 Å². The molecule has 1 aromatic rings. The molecule has 1 nitrogen and oxygen atoms in total. The second kappa shape index (κ2) is 4.02. The fraction of sp³-hybridized carbons (Fsp3) is 0.100. The van der Waals surface area contributed by atoms with Crippen molar-refractivity contribution >= 4 is 23.8 Å². The monoisotopic (exact) mass is 177 g/mol. The maximum atomic E-state index is 10.4. The lowest BCUT2D eigenvalue weighted by Gasteiger charge is -2.13. The van der Waals surface area contributed by atoms with E-state index in [1.807, 2.05) is 30.3 Å². The van der Waals surface area contributed by atoms with Gasteiger partial charge in [0.2, 0.25) is 0 Å². The van der Waals surface area contributed by atoms with Crippen LogP contribution in [0.25, 0.3) is 4.91 Å². The van der Waals surface area contributed by atoms with Crippen LogP contribution >= 0.6 is 0 Å². The number of rotatable bonds is 2. The molecule has 0 bridgehead atoms. The number of aldehydes is 1. The van der Waals surface area contributed by atoms with Crippen LogP contribution in [0.3, 0.4) is 0 Å². The highest BCUT2D eigenvalue weighted by atomic mass is 32.1. The van der Waals surface area contributed by atoms with E-state index in [1.165, 1.54) is 0 Å². The third-order valence-corrected chi connectivity index (χ3v) is 2.13. The zero-order valence-electron chi connectivity index (χ0n) is 6.78. The molecule has 0 aliphatic heterocycles. The molecule has 0 heterocycles. The molecule has 0 unspecified atom stereocenters. The number of hydrogen-bond donors (Lipinski definition) is 0. The van der Waals surface area contributed by atoms with Crippen LogP contribution in [0.4, 0.5) is 0 Å². The quantitative estimate of drug-likeness (QED) is 0.391. The van der Waals surface area contributed by atoms with E-state index in [9.17, 15) is 4.79 Å². The first-order valence-electron chi connectivity index (χ1n) is 3.64. The minimum atomic E-state index is 0.608. The summed E-state index contributed by atoms with van der Waals surface area (Å²) >= 11 is 5.07. The van der Waals surface area contributed by atoms with Crippen molar-refractivity contribution in [3.63, 3.8) is 0 Å². The standard InChI is InChI=1S/C10H10OS/c1-8(7-11)10(12)9-5-3-2-4-6-9/h2-7,12H,1H3/p-1. The van der Waals surface area contributed by atoms with Gasteiger partial charge in [0, 0.05) is 0 Å². The lowest BCUT2D eigenvalue weighted by molar-refractivity contribution is -0.104. The minimum Gasteiger partial charge on any atom is -0.779 e. The van der Waals surface area contributed by atoms with Crippen molar-refractivity contribution in [3.05, 3.63) is 41.5 Å². The van der Waals surface area contributed by atoms with Crippen molar-refractivity contribution < 1.29 is 4.79 Å². The number of hydrogen-bond acceptors (Lipinski definition) is 2. The number of allylic oxidation sites excluding steroid dienone is 1. The molecule has 0 atom stereocenters. The van der Waals surface area contributed by atoms with Crippen LogP contribution in [0.15, 0.2) is 35.9 Å². The second-order valence-corrected chi connectivity index (χ2v) is 2.90. The van der Waals surface area contributed by atoms with E-state index < -0.39 is 0 Å². The van der Waals surface area contributed by atoms with E-state index >= 15 is 0 Å². The number of carbonyl (C=O) groups is 1. The molecule has 0 N–H and O–H groups in total. The third kappa shape index (κ3) is 1.92. The van der Waals surface area contributed by atoms with E-state index in [1.54, 1.807) is 6.92 Å². The zero-order chi connectivity index (χ0) is 8.97. The second-order valence-electron chi connectivity index (χ2n) is 2.50. The van der Waals surface area contributed by atoms with Crippen molar-refractivity contribution in [1.29, 1.82) is 0 Å². The van der Waals surface area contributed by atoms with Gasteiger partial charge in [0.15, 0.2) is 0 Å². The molecule has 2 heteroatoms. The van der Waals surface area contributed by atoms with E-state index in [0.717, 1.165) is 11.8 Å². The molecule has 1 rings (SSSR count). The van der Waals surface area contributed by atoms with Gasteiger partial charge in [-0.05, 0) is 18.1 Å². The van der Waals surface area contributed by atoms with Gasteiger partial charge in [0.05, 0.1) is 0 Å². The molecule has 0 aliphatic rings. The Kier molecular flexibility index (Phi) is 3.00. The van der Waals surface area contributed by atoms with Gasteiger partial charge in [-0.1, -0.05) is 30.3 Å². The van der Waals surface area contributed by atoms with Gasteiger partial charge in [0.1, 0.15) is 6.29 Å². The van der Waals surface area contributed by atoms with Gasteiger partial charge in [-0.2, -0.15) is 4.91 Å². The largest absolute Gasteiger partial charge is 0.779 e. The van der Waals surface area contributed by atoms with Crippen molar-refractivity contribution in [1.82, 2.24) is 0 Å². The van der Waals surface area contributed by atoms with Crippen molar-refractivity contribution in [2.75, 3.05) is 0 Å². The predicted octanol–water partition coefficient (Wildman–Crippen LogP) is 2.16. The molecule has 0 aromatic heterocycles. The topological polar surface area (TPSA) is 17.1 Å². The molecule has 12 heavy (non-hydrogen) atoms. The Labute approximate surface area is 77.5 Å². The first-order chi connectivity index (χ1) is 5.75. The van der Waals surface area contributed by atoms with Crippen LogP contribution in [-0.2, 0) is 17.4 Å².